The number of carbonyl (C=O) groups is 1. The highest BCUT2D eigenvalue weighted by molar-refractivity contribution is 5.66. The number of hydrogen-bond acceptors (Lipinski definition) is 4. The monoisotopic (exact) mass is 422 g/mol. The minimum absolute atomic E-state index is 0.0332. The van der Waals surface area contributed by atoms with Crippen molar-refractivity contribution >= 4 is 5.97 Å². The molecule has 0 aromatic rings. The molecule has 0 saturated heterocycles. The molecular formula is C25H42O5. The maximum atomic E-state index is 11.6. The van der Waals surface area contributed by atoms with E-state index in [1.165, 1.54) is 0 Å². The normalized spacial score (nSPS) is 54.0. The summed E-state index contributed by atoms with van der Waals surface area (Å²) in [6, 6.07) is 0. The molecule has 0 unspecified atom stereocenters. The number of fused-ring (bicyclic) bond motifs is 5. The minimum atomic E-state index is -0.750. The highest BCUT2D eigenvalue weighted by atomic mass is 16.4. The van der Waals surface area contributed by atoms with Crippen LogP contribution in [0.15, 0.2) is 0 Å². The molecule has 4 aliphatic carbocycles. The molecule has 0 heterocycles. The van der Waals surface area contributed by atoms with Crippen molar-refractivity contribution in [2.24, 2.45) is 45.8 Å². The zero-order valence-corrected chi connectivity index (χ0v) is 19.2. The van der Waals surface area contributed by atoms with E-state index in [-0.39, 0.29) is 58.5 Å². The molecule has 0 aromatic heterocycles. The van der Waals surface area contributed by atoms with E-state index in [4.69, 9.17) is 5.11 Å². The van der Waals surface area contributed by atoms with Crippen molar-refractivity contribution in [1.29, 1.82) is 0 Å². The van der Waals surface area contributed by atoms with Crippen LogP contribution in [0.2, 0.25) is 0 Å². The molecule has 4 rings (SSSR count). The molecule has 4 saturated carbocycles. The van der Waals surface area contributed by atoms with Crippen LogP contribution in [0.1, 0.15) is 85.5 Å². The SMILES string of the molecule is C[C@H](CCC(=O)O)[C@H]1CC[C@H]2[C@@H]3[C@H](O)C[C@]4(C)C[C@H](O)CC[C@]4(C)[C@H]3C[C@H](O)[C@]12C. The van der Waals surface area contributed by atoms with Gasteiger partial charge in [-0.3, -0.25) is 4.79 Å². The number of aliphatic hydroxyl groups excluding tert-OH is 3. The number of carboxylic acids is 1. The Morgan fingerprint density at radius 3 is 2.40 bits per heavy atom. The van der Waals surface area contributed by atoms with E-state index in [1.54, 1.807) is 0 Å². The summed E-state index contributed by atoms with van der Waals surface area (Å²) >= 11 is 0. The molecule has 4 aliphatic rings. The van der Waals surface area contributed by atoms with Crippen molar-refractivity contribution < 1.29 is 25.2 Å². The Kier molecular flexibility index (Phi) is 5.60. The van der Waals surface area contributed by atoms with E-state index in [9.17, 15) is 20.1 Å². The van der Waals surface area contributed by atoms with E-state index in [1.807, 2.05) is 0 Å². The lowest BCUT2D eigenvalue weighted by Crippen LogP contribution is -2.65. The lowest BCUT2D eigenvalue weighted by atomic mass is 9.39. The minimum Gasteiger partial charge on any atom is -0.481 e. The summed E-state index contributed by atoms with van der Waals surface area (Å²) in [4.78, 5) is 11.1. The smallest absolute Gasteiger partial charge is 0.303 e. The van der Waals surface area contributed by atoms with Crippen molar-refractivity contribution in [3.8, 4) is 0 Å². The van der Waals surface area contributed by atoms with Gasteiger partial charge in [-0.25, -0.2) is 0 Å². The van der Waals surface area contributed by atoms with Crippen LogP contribution in [-0.2, 0) is 4.79 Å². The van der Waals surface area contributed by atoms with Crippen LogP contribution in [0.25, 0.3) is 0 Å². The third-order valence-corrected chi connectivity index (χ3v) is 11.0. The number of aliphatic hydroxyl groups is 3. The molecular weight excluding hydrogens is 380 g/mol. The van der Waals surface area contributed by atoms with Crippen molar-refractivity contribution in [2.45, 2.75) is 104 Å². The van der Waals surface area contributed by atoms with E-state index >= 15 is 0 Å². The van der Waals surface area contributed by atoms with Gasteiger partial charge in [0.15, 0.2) is 0 Å². The first-order chi connectivity index (χ1) is 13.9. The first-order valence-electron chi connectivity index (χ1n) is 12.2. The predicted molar refractivity (Wildman–Crippen MR) is 115 cm³/mol. The lowest BCUT2D eigenvalue weighted by molar-refractivity contribution is -0.233. The van der Waals surface area contributed by atoms with Gasteiger partial charge in [0.2, 0.25) is 0 Å². The van der Waals surface area contributed by atoms with Crippen LogP contribution < -0.4 is 0 Å². The topological polar surface area (TPSA) is 98.0 Å². The molecule has 11 atom stereocenters. The largest absolute Gasteiger partial charge is 0.481 e. The van der Waals surface area contributed by atoms with Gasteiger partial charge in [0.05, 0.1) is 18.3 Å². The number of carboxylic acid groups (broad SMARTS) is 1. The molecule has 5 nitrogen and oxygen atoms in total. The van der Waals surface area contributed by atoms with Gasteiger partial charge in [-0.05, 0) is 97.2 Å². The fourth-order valence-corrected chi connectivity index (χ4v) is 9.13. The molecule has 30 heavy (non-hydrogen) atoms. The average molecular weight is 423 g/mol. The Morgan fingerprint density at radius 2 is 1.73 bits per heavy atom. The van der Waals surface area contributed by atoms with Gasteiger partial charge < -0.3 is 20.4 Å². The molecule has 172 valence electrons. The van der Waals surface area contributed by atoms with Gasteiger partial charge in [-0.2, -0.15) is 0 Å². The average Bonchev–Trinajstić information content (AvgIpc) is 3.00. The molecule has 0 amide bonds. The second kappa shape index (κ2) is 7.45. The quantitative estimate of drug-likeness (QED) is 0.552. The summed E-state index contributed by atoms with van der Waals surface area (Å²) in [5.74, 6) is 0.572. The van der Waals surface area contributed by atoms with Gasteiger partial charge in [0.1, 0.15) is 0 Å². The van der Waals surface area contributed by atoms with E-state index < -0.39 is 12.1 Å². The Labute approximate surface area is 181 Å². The summed E-state index contributed by atoms with van der Waals surface area (Å²) in [6.07, 6.45) is 5.78. The van der Waals surface area contributed by atoms with Crippen molar-refractivity contribution in [3.63, 3.8) is 0 Å². The molecule has 4 N–H and O–H groups in total. The van der Waals surface area contributed by atoms with Crippen molar-refractivity contribution in [1.82, 2.24) is 0 Å². The predicted octanol–water partition coefficient (Wildman–Crippen LogP) is 3.84. The van der Waals surface area contributed by atoms with E-state index in [0.29, 0.717) is 12.3 Å². The maximum Gasteiger partial charge on any atom is 0.303 e. The van der Waals surface area contributed by atoms with Crippen LogP contribution in [0.4, 0.5) is 0 Å². The van der Waals surface area contributed by atoms with Crippen molar-refractivity contribution in [2.75, 3.05) is 0 Å². The van der Waals surface area contributed by atoms with E-state index in [2.05, 4.69) is 27.7 Å². The first-order valence-corrected chi connectivity index (χ1v) is 12.2. The van der Waals surface area contributed by atoms with Gasteiger partial charge >= 0.3 is 5.97 Å². The molecule has 5 heteroatoms. The highest BCUT2D eigenvalue weighted by Gasteiger charge is 2.68. The molecule has 4 fully saturated rings. The Hall–Kier alpha value is -0.650. The Bertz CT molecular complexity index is 680. The van der Waals surface area contributed by atoms with Gasteiger partial charge in [-0.1, -0.05) is 27.7 Å². The fraction of sp³-hybridized carbons (Fsp3) is 0.960. The molecule has 0 spiro atoms. The van der Waals surface area contributed by atoms with Gasteiger partial charge in [-0.15, -0.1) is 0 Å². The van der Waals surface area contributed by atoms with E-state index in [0.717, 1.165) is 44.9 Å². The van der Waals surface area contributed by atoms with Gasteiger partial charge in [0, 0.05) is 6.42 Å². The lowest BCUT2D eigenvalue weighted by Gasteiger charge is -2.67. The highest BCUT2D eigenvalue weighted by Crippen LogP contribution is 2.71. The van der Waals surface area contributed by atoms with Crippen LogP contribution in [-0.4, -0.2) is 44.7 Å². The second-order valence-electron chi connectivity index (χ2n) is 12.1. The summed E-state index contributed by atoms with van der Waals surface area (Å²) in [6.45, 7) is 8.99. The number of hydrogen-bond donors (Lipinski definition) is 4. The van der Waals surface area contributed by atoms with Crippen molar-refractivity contribution in [3.05, 3.63) is 0 Å². The summed E-state index contributed by atoms with van der Waals surface area (Å²) in [5.41, 5.74) is -0.310. The third-order valence-electron chi connectivity index (χ3n) is 11.0. The second-order valence-corrected chi connectivity index (χ2v) is 12.1. The Morgan fingerprint density at radius 1 is 1.03 bits per heavy atom. The maximum absolute atomic E-state index is 11.6. The third kappa shape index (κ3) is 3.09. The molecule has 0 radical (unpaired) electrons. The summed E-state index contributed by atoms with van der Waals surface area (Å²) < 4.78 is 0. The zero-order chi connectivity index (χ0) is 22.1. The molecule has 0 aromatic carbocycles. The zero-order valence-electron chi connectivity index (χ0n) is 19.2. The fourth-order valence-electron chi connectivity index (χ4n) is 9.13. The standard InChI is InChI=1S/C25H42O5/c1-14(5-8-21(29)30)16-6-7-17-22-18(11-20(28)25(16,17)4)24(3)10-9-15(26)12-23(24,2)13-19(22)27/h14-20,22,26-28H,5-13H2,1-4H3,(H,29,30)/t14-,15-,16-,17+,18+,19-,20+,22+,23+,24-,25-/m1/s1. The number of aliphatic carboxylic acids is 1. The Balaban J connectivity index is 1.64. The first kappa shape index (κ1) is 22.5. The van der Waals surface area contributed by atoms with Crippen LogP contribution >= 0.6 is 0 Å². The summed E-state index contributed by atoms with van der Waals surface area (Å²) in [5, 5.41) is 42.5. The molecule has 0 aliphatic heterocycles. The van der Waals surface area contributed by atoms with Crippen LogP contribution in [0.5, 0.6) is 0 Å². The van der Waals surface area contributed by atoms with Crippen LogP contribution in [0.3, 0.4) is 0 Å². The van der Waals surface area contributed by atoms with Crippen LogP contribution in [0, 0.1) is 45.8 Å². The molecule has 0 bridgehead atoms. The number of rotatable bonds is 4. The van der Waals surface area contributed by atoms with Gasteiger partial charge in [0.25, 0.3) is 0 Å². The summed E-state index contributed by atoms with van der Waals surface area (Å²) in [7, 11) is 0.